The number of nitrogens with one attached hydrogen (secondary N) is 2. The number of carbonyl (C=O) groups is 2. The first-order valence-electron chi connectivity index (χ1n) is 12.7. The van der Waals surface area contributed by atoms with Crippen LogP contribution < -0.4 is 11.1 Å². The highest BCUT2D eigenvalue weighted by molar-refractivity contribution is 6.34. The fourth-order valence-corrected chi connectivity index (χ4v) is 6.23. The highest BCUT2D eigenvalue weighted by Crippen LogP contribution is 2.46. The number of halogens is 1. The second-order valence-corrected chi connectivity index (χ2v) is 10.7. The molecule has 3 aromatic rings. The van der Waals surface area contributed by atoms with Gasteiger partial charge in [0.25, 0.3) is 0 Å². The van der Waals surface area contributed by atoms with Crippen LogP contribution in [0.1, 0.15) is 18.9 Å². The summed E-state index contributed by atoms with van der Waals surface area (Å²) in [6.45, 7) is 5.78. The van der Waals surface area contributed by atoms with E-state index in [-0.39, 0.29) is 35.6 Å². The van der Waals surface area contributed by atoms with Crippen LogP contribution in [-0.2, 0) is 16.1 Å². The first kappa shape index (κ1) is 23.9. The number of H-pyrrole nitrogens is 1. The van der Waals surface area contributed by atoms with Gasteiger partial charge in [-0.25, -0.2) is 9.97 Å². The summed E-state index contributed by atoms with van der Waals surface area (Å²) in [7, 11) is 0. The van der Waals surface area contributed by atoms with Crippen molar-refractivity contribution in [2.75, 3.05) is 31.5 Å². The van der Waals surface area contributed by atoms with E-state index in [1.54, 1.807) is 13.1 Å². The van der Waals surface area contributed by atoms with Crippen LogP contribution in [0.5, 0.6) is 0 Å². The van der Waals surface area contributed by atoms with Gasteiger partial charge in [0.2, 0.25) is 11.8 Å². The summed E-state index contributed by atoms with van der Waals surface area (Å²) in [4.78, 5) is 40.5. The number of pyridine rings is 1. The van der Waals surface area contributed by atoms with E-state index in [0.717, 1.165) is 44.7 Å². The van der Waals surface area contributed by atoms with E-state index < -0.39 is 0 Å². The lowest BCUT2D eigenvalue weighted by atomic mass is 9.88. The van der Waals surface area contributed by atoms with E-state index in [2.05, 4.69) is 56.6 Å². The van der Waals surface area contributed by atoms with Crippen LogP contribution in [0.3, 0.4) is 0 Å². The van der Waals surface area contributed by atoms with Crippen LogP contribution in [-0.4, -0.2) is 68.8 Å². The van der Waals surface area contributed by atoms with Gasteiger partial charge in [-0.3, -0.25) is 14.5 Å². The number of hydrogen-bond acceptors (Lipinski definition) is 6. The minimum absolute atomic E-state index is 0.112. The van der Waals surface area contributed by atoms with Crippen molar-refractivity contribution in [2.24, 2.45) is 23.5 Å². The lowest BCUT2D eigenvalue weighted by Gasteiger charge is -2.34. The average molecular weight is 520 g/mol. The lowest BCUT2D eigenvalue weighted by Crippen LogP contribution is -2.47. The molecular formula is C27H30ClN7O2. The molecule has 2 fully saturated rings. The SMILES string of the molecule is CC(=O)N1CCN(Cc2ccc(-c3nc4ncc(Cl)c(NC5C6C=CC(C6)C5C(N)=O)c4[nH]3)cc2)CC1. The monoisotopic (exact) mass is 519 g/mol. The van der Waals surface area contributed by atoms with E-state index in [9.17, 15) is 9.59 Å². The molecule has 2 aliphatic carbocycles. The Labute approximate surface area is 220 Å². The molecule has 3 heterocycles. The van der Waals surface area contributed by atoms with E-state index in [0.29, 0.717) is 27.7 Å². The number of fused-ring (bicyclic) bond motifs is 3. The van der Waals surface area contributed by atoms with Gasteiger partial charge in [-0.05, 0) is 23.8 Å². The van der Waals surface area contributed by atoms with Crippen molar-refractivity contribution in [2.45, 2.75) is 25.9 Å². The molecule has 10 heteroatoms. The molecule has 9 nitrogen and oxygen atoms in total. The van der Waals surface area contributed by atoms with E-state index in [1.807, 2.05) is 4.90 Å². The Morgan fingerprint density at radius 2 is 1.86 bits per heavy atom. The Hall–Kier alpha value is -3.43. The molecule has 2 aromatic heterocycles. The summed E-state index contributed by atoms with van der Waals surface area (Å²) < 4.78 is 0. The Morgan fingerprint density at radius 1 is 1.14 bits per heavy atom. The first-order valence-corrected chi connectivity index (χ1v) is 13.1. The number of nitrogens with zero attached hydrogens (tertiary/aromatic N) is 4. The number of carbonyl (C=O) groups excluding carboxylic acids is 2. The maximum atomic E-state index is 12.2. The van der Waals surface area contributed by atoms with E-state index in [1.165, 1.54) is 5.56 Å². The summed E-state index contributed by atoms with van der Waals surface area (Å²) in [5.74, 6) is 0.696. The molecule has 192 valence electrons. The van der Waals surface area contributed by atoms with Crippen LogP contribution in [0.15, 0.2) is 42.6 Å². The number of nitrogens with two attached hydrogens (primary N) is 1. The van der Waals surface area contributed by atoms with Crippen molar-refractivity contribution < 1.29 is 9.59 Å². The number of anilines is 1. The lowest BCUT2D eigenvalue weighted by molar-refractivity contribution is -0.130. The third-order valence-electron chi connectivity index (χ3n) is 8.02. The van der Waals surface area contributed by atoms with Crippen LogP contribution in [0, 0.1) is 17.8 Å². The van der Waals surface area contributed by atoms with Gasteiger partial charge in [-0.2, -0.15) is 0 Å². The number of primary amides is 1. The van der Waals surface area contributed by atoms with E-state index in [4.69, 9.17) is 22.3 Å². The summed E-state index contributed by atoms with van der Waals surface area (Å²) in [6, 6.07) is 8.21. The summed E-state index contributed by atoms with van der Waals surface area (Å²) in [5, 5.41) is 3.99. The number of hydrogen-bond donors (Lipinski definition) is 3. The van der Waals surface area contributed by atoms with Gasteiger partial charge >= 0.3 is 0 Å². The average Bonchev–Trinajstić information content (AvgIpc) is 3.61. The number of aromatic nitrogens is 3. The predicted octanol–water partition coefficient (Wildman–Crippen LogP) is 3.03. The molecule has 4 N–H and O–H groups in total. The molecular weight excluding hydrogens is 490 g/mol. The molecule has 4 atom stereocenters. The van der Waals surface area contributed by atoms with Crippen molar-refractivity contribution in [3.63, 3.8) is 0 Å². The molecule has 1 saturated carbocycles. The van der Waals surface area contributed by atoms with Crippen LogP contribution in [0.25, 0.3) is 22.6 Å². The number of rotatable bonds is 6. The van der Waals surface area contributed by atoms with Gasteiger partial charge in [-0.15, -0.1) is 0 Å². The molecule has 2 amide bonds. The van der Waals surface area contributed by atoms with Crippen molar-refractivity contribution >= 4 is 40.3 Å². The van der Waals surface area contributed by atoms with Gasteiger partial charge in [0, 0.05) is 51.3 Å². The molecule has 0 radical (unpaired) electrons. The zero-order valence-electron chi connectivity index (χ0n) is 20.7. The smallest absolute Gasteiger partial charge is 0.223 e. The molecule has 6 rings (SSSR count). The first-order chi connectivity index (χ1) is 17.9. The number of piperazine rings is 1. The highest BCUT2D eigenvalue weighted by atomic mass is 35.5. The van der Waals surface area contributed by atoms with Crippen LogP contribution in [0.4, 0.5) is 5.69 Å². The van der Waals surface area contributed by atoms with Crippen molar-refractivity contribution in [1.82, 2.24) is 24.8 Å². The quantitative estimate of drug-likeness (QED) is 0.430. The molecule has 3 aliphatic rings. The maximum absolute atomic E-state index is 12.2. The third-order valence-corrected chi connectivity index (χ3v) is 8.31. The largest absolute Gasteiger partial charge is 0.378 e. The van der Waals surface area contributed by atoms with Crippen LogP contribution in [0.2, 0.25) is 5.02 Å². The zero-order valence-corrected chi connectivity index (χ0v) is 21.4. The summed E-state index contributed by atoms with van der Waals surface area (Å²) in [6.07, 6.45) is 6.78. The number of imidazole rings is 1. The van der Waals surface area contributed by atoms with Crippen molar-refractivity contribution in [1.29, 1.82) is 0 Å². The molecule has 2 bridgehead atoms. The molecule has 1 aliphatic heterocycles. The summed E-state index contributed by atoms with van der Waals surface area (Å²) >= 11 is 6.57. The maximum Gasteiger partial charge on any atom is 0.223 e. The second kappa shape index (κ2) is 9.46. The number of allylic oxidation sites excluding steroid dienone is 1. The minimum Gasteiger partial charge on any atom is -0.378 e. The number of amides is 2. The molecule has 1 saturated heterocycles. The van der Waals surface area contributed by atoms with E-state index >= 15 is 0 Å². The fourth-order valence-electron chi connectivity index (χ4n) is 6.03. The van der Waals surface area contributed by atoms with Gasteiger partial charge in [-0.1, -0.05) is 48.0 Å². The van der Waals surface area contributed by atoms with Gasteiger partial charge < -0.3 is 20.9 Å². The van der Waals surface area contributed by atoms with Gasteiger partial charge in [0.05, 0.1) is 22.8 Å². The van der Waals surface area contributed by atoms with Gasteiger partial charge in [0.1, 0.15) is 11.3 Å². The summed E-state index contributed by atoms with van der Waals surface area (Å²) in [5.41, 5.74) is 9.88. The molecule has 1 aromatic carbocycles. The second-order valence-electron chi connectivity index (χ2n) is 10.3. The Kier molecular flexibility index (Phi) is 6.12. The van der Waals surface area contributed by atoms with Crippen molar-refractivity contribution in [3.05, 3.63) is 53.2 Å². The predicted molar refractivity (Wildman–Crippen MR) is 143 cm³/mol. The molecule has 37 heavy (non-hydrogen) atoms. The Balaban J connectivity index is 1.20. The molecule has 0 spiro atoms. The van der Waals surface area contributed by atoms with Crippen LogP contribution >= 0.6 is 11.6 Å². The molecule has 4 unspecified atom stereocenters. The number of aromatic amines is 1. The highest BCUT2D eigenvalue weighted by Gasteiger charge is 2.47. The Morgan fingerprint density at radius 3 is 2.57 bits per heavy atom. The van der Waals surface area contributed by atoms with Gasteiger partial charge in [0.15, 0.2) is 5.65 Å². The van der Waals surface area contributed by atoms with Crippen molar-refractivity contribution in [3.8, 4) is 11.4 Å². The topological polar surface area (TPSA) is 120 Å². The third kappa shape index (κ3) is 4.46. The zero-order chi connectivity index (χ0) is 25.7. The Bertz CT molecular complexity index is 1380. The minimum atomic E-state index is -0.290. The fraction of sp³-hybridized carbons (Fsp3) is 0.407. The standard InChI is InChI=1S/C27H30ClN7O2/c1-15(36)35-10-8-34(9-11-35)14-16-2-4-17(5-3-16)26-32-24-23(20(28)13-30-27(24)33-26)31-22-19-7-6-18(12-19)21(22)25(29)37/h2-7,13,18-19,21-22H,8-12,14H2,1H3,(H2,29,37)(H2,30,31,32,33). The normalized spacial score (nSPS) is 25.2. The number of benzene rings is 1.